The lowest BCUT2D eigenvalue weighted by Crippen LogP contribution is -2.53. The lowest BCUT2D eigenvalue weighted by Gasteiger charge is -2.38. The van der Waals surface area contributed by atoms with E-state index in [1.165, 1.54) is 12.8 Å². The number of pyridine rings is 1. The number of urea groups is 1. The summed E-state index contributed by atoms with van der Waals surface area (Å²) in [5, 5.41) is 10.4. The van der Waals surface area contributed by atoms with Gasteiger partial charge in [0.25, 0.3) is 0 Å². The van der Waals surface area contributed by atoms with Crippen molar-refractivity contribution in [1.82, 2.24) is 20.1 Å². The van der Waals surface area contributed by atoms with E-state index in [1.807, 2.05) is 28.0 Å². The first-order chi connectivity index (χ1) is 18.6. The predicted octanol–water partition coefficient (Wildman–Crippen LogP) is 2.74. The number of rotatable bonds is 3. The number of amides is 3. The second kappa shape index (κ2) is 12.4. The summed E-state index contributed by atoms with van der Waals surface area (Å²) in [5.41, 5.74) is -0.475. The van der Waals surface area contributed by atoms with Gasteiger partial charge in [0, 0.05) is 57.4 Å². The van der Waals surface area contributed by atoms with E-state index < -0.39 is 17.6 Å². The Bertz CT molecular complexity index is 1000. The van der Waals surface area contributed by atoms with E-state index >= 15 is 0 Å². The number of carboxylic acids is 1. The summed E-state index contributed by atoms with van der Waals surface area (Å²) in [5.74, 6) is -1.51. The molecule has 1 aromatic rings. The van der Waals surface area contributed by atoms with Crippen molar-refractivity contribution in [2.24, 2.45) is 11.3 Å². The fourth-order valence-electron chi connectivity index (χ4n) is 6.10. The van der Waals surface area contributed by atoms with E-state index in [9.17, 15) is 22.8 Å². The van der Waals surface area contributed by atoms with Crippen LogP contribution in [0.1, 0.15) is 38.5 Å². The van der Waals surface area contributed by atoms with Crippen molar-refractivity contribution in [3.8, 4) is 0 Å². The number of morpholine rings is 1. The van der Waals surface area contributed by atoms with Crippen LogP contribution in [-0.4, -0.2) is 102 Å². The molecule has 1 aromatic heterocycles. The molecule has 1 aliphatic carbocycles. The minimum atomic E-state index is -5.08. The topological polar surface area (TPSA) is 115 Å². The number of aliphatic carboxylic acids is 1. The van der Waals surface area contributed by atoms with E-state index in [4.69, 9.17) is 14.6 Å². The average Bonchev–Trinajstić information content (AvgIpc) is 3.53. The lowest BCUT2D eigenvalue weighted by molar-refractivity contribution is -0.192. The number of anilines is 1. The smallest absolute Gasteiger partial charge is 0.475 e. The van der Waals surface area contributed by atoms with Crippen molar-refractivity contribution < 1.29 is 37.4 Å². The number of hydrogen-bond acceptors (Lipinski definition) is 6. The zero-order chi connectivity index (χ0) is 28.0. The van der Waals surface area contributed by atoms with Gasteiger partial charge in [-0.1, -0.05) is 18.9 Å². The molecule has 3 amide bonds. The monoisotopic (exact) mass is 555 g/mol. The zero-order valence-corrected chi connectivity index (χ0v) is 21.9. The Kier molecular flexibility index (Phi) is 9.19. The van der Waals surface area contributed by atoms with Crippen molar-refractivity contribution in [2.75, 3.05) is 57.4 Å². The van der Waals surface area contributed by atoms with Crippen molar-refractivity contribution in [1.29, 1.82) is 0 Å². The first-order valence-electron chi connectivity index (χ1n) is 13.5. The summed E-state index contributed by atoms with van der Waals surface area (Å²) >= 11 is 0. The SMILES string of the molecule is O=C(NC1CCCC1)N1CCC[C@]2(C(=O)N3CCOCC3)CN(c3ccccn3)C[C@@H]2C1.O=C(O)C(F)(F)F. The van der Waals surface area contributed by atoms with Crippen LogP contribution in [0.4, 0.5) is 23.8 Å². The summed E-state index contributed by atoms with van der Waals surface area (Å²) in [6.45, 7) is 5.28. The highest BCUT2D eigenvalue weighted by molar-refractivity contribution is 5.85. The van der Waals surface area contributed by atoms with Crippen LogP contribution >= 0.6 is 0 Å². The summed E-state index contributed by atoms with van der Waals surface area (Å²) in [6.07, 6.45) is 2.94. The normalized spacial score (nSPS) is 25.8. The quantitative estimate of drug-likeness (QED) is 0.590. The van der Waals surface area contributed by atoms with Crippen LogP contribution in [-0.2, 0) is 14.3 Å². The highest BCUT2D eigenvalue weighted by Gasteiger charge is 2.55. The maximum Gasteiger partial charge on any atom is 0.490 e. The van der Waals surface area contributed by atoms with E-state index in [1.54, 1.807) is 6.20 Å². The Labute approximate surface area is 225 Å². The number of likely N-dealkylation sites (tertiary alicyclic amines) is 1. The van der Waals surface area contributed by atoms with Gasteiger partial charge in [0.15, 0.2) is 0 Å². The van der Waals surface area contributed by atoms with Gasteiger partial charge in [-0.3, -0.25) is 4.79 Å². The number of hydrogen-bond donors (Lipinski definition) is 2. The van der Waals surface area contributed by atoms with Crippen LogP contribution in [0.25, 0.3) is 0 Å². The van der Waals surface area contributed by atoms with Gasteiger partial charge in [0.1, 0.15) is 5.82 Å². The number of carbonyl (C=O) groups excluding carboxylic acids is 2. The maximum absolute atomic E-state index is 13.9. The molecule has 4 heterocycles. The highest BCUT2D eigenvalue weighted by Crippen LogP contribution is 2.45. The summed E-state index contributed by atoms with van der Waals surface area (Å²) in [4.78, 5) is 46.7. The Hall–Kier alpha value is -3.09. The fraction of sp³-hybridized carbons (Fsp3) is 0.692. The fourth-order valence-corrected chi connectivity index (χ4v) is 6.10. The van der Waals surface area contributed by atoms with Gasteiger partial charge < -0.3 is 29.9 Å². The Balaban J connectivity index is 0.000000448. The molecule has 5 rings (SSSR count). The molecule has 0 radical (unpaired) electrons. The number of ether oxygens (including phenoxy) is 1. The average molecular weight is 556 g/mol. The molecule has 10 nitrogen and oxygen atoms in total. The number of nitrogens with one attached hydrogen (secondary N) is 1. The number of halogens is 3. The molecule has 13 heteroatoms. The summed E-state index contributed by atoms with van der Waals surface area (Å²) in [7, 11) is 0. The third-order valence-electron chi connectivity index (χ3n) is 8.10. The van der Waals surface area contributed by atoms with Crippen molar-refractivity contribution >= 4 is 23.7 Å². The highest BCUT2D eigenvalue weighted by atomic mass is 19.4. The van der Waals surface area contributed by atoms with Crippen molar-refractivity contribution in [3.05, 3.63) is 24.4 Å². The molecule has 216 valence electrons. The van der Waals surface area contributed by atoms with E-state index in [2.05, 4.69) is 15.2 Å². The Morgan fingerprint density at radius 2 is 1.72 bits per heavy atom. The van der Waals surface area contributed by atoms with Crippen LogP contribution in [0.5, 0.6) is 0 Å². The van der Waals surface area contributed by atoms with Crippen LogP contribution in [0.3, 0.4) is 0 Å². The molecule has 3 aliphatic heterocycles. The maximum atomic E-state index is 13.9. The van der Waals surface area contributed by atoms with Gasteiger partial charge in [-0.2, -0.15) is 13.2 Å². The van der Waals surface area contributed by atoms with Crippen molar-refractivity contribution in [2.45, 2.75) is 50.7 Å². The largest absolute Gasteiger partial charge is 0.490 e. The first kappa shape index (κ1) is 28.9. The summed E-state index contributed by atoms with van der Waals surface area (Å²) in [6, 6.07) is 6.28. The third kappa shape index (κ3) is 6.92. The molecule has 2 atom stereocenters. The molecular formula is C26H36F3N5O5. The van der Waals surface area contributed by atoms with Gasteiger partial charge in [-0.05, 0) is 37.8 Å². The lowest BCUT2D eigenvalue weighted by atomic mass is 9.73. The molecule has 2 N–H and O–H groups in total. The molecule has 0 bridgehead atoms. The molecule has 39 heavy (non-hydrogen) atoms. The molecule has 3 saturated heterocycles. The van der Waals surface area contributed by atoms with Crippen LogP contribution in [0.15, 0.2) is 24.4 Å². The van der Waals surface area contributed by atoms with Gasteiger partial charge in [-0.25, -0.2) is 14.6 Å². The van der Waals surface area contributed by atoms with E-state index in [0.29, 0.717) is 45.4 Å². The van der Waals surface area contributed by atoms with Gasteiger partial charge >= 0.3 is 18.2 Å². The number of carboxylic acid groups (broad SMARTS) is 1. The molecule has 0 aromatic carbocycles. The minimum Gasteiger partial charge on any atom is -0.475 e. The second-order valence-electron chi connectivity index (χ2n) is 10.6. The van der Waals surface area contributed by atoms with Gasteiger partial charge in [0.2, 0.25) is 5.91 Å². The molecule has 0 spiro atoms. The standard InChI is InChI=1S/C24H35N5O3.C2HF3O2/c30-22(27-12-14-32-15-13-27)24-9-5-11-28(23(31)26-20-6-1-2-7-20)16-19(24)17-29(18-24)21-8-3-4-10-25-21;3-2(4,5)1(6)7/h3-4,8,10,19-20H,1-2,5-7,9,11-18H2,(H,26,31);(H,6,7)/t19-,24-;/m0./s1. The number of alkyl halides is 3. The van der Waals surface area contributed by atoms with E-state index in [0.717, 1.165) is 44.6 Å². The van der Waals surface area contributed by atoms with Gasteiger partial charge in [0.05, 0.1) is 18.6 Å². The van der Waals surface area contributed by atoms with E-state index in [-0.39, 0.29) is 17.9 Å². The molecule has 4 fully saturated rings. The molecule has 4 aliphatic rings. The number of aromatic nitrogens is 1. The van der Waals surface area contributed by atoms with Crippen LogP contribution < -0.4 is 10.2 Å². The Morgan fingerprint density at radius 1 is 1.03 bits per heavy atom. The Morgan fingerprint density at radius 3 is 2.33 bits per heavy atom. The minimum absolute atomic E-state index is 0.0443. The molecular weight excluding hydrogens is 519 g/mol. The molecule has 1 saturated carbocycles. The summed E-state index contributed by atoms with van der Waals surface area (Å²) < 4.78 is 37.2. The van der Waals surface area contributed by atoms with Crippen LogP contribution in [0, 0.1) is 11.3 Å². The van der Waals surface area contributed by atoms with Crippen LogP contribution in [0.2, 0.25) is 0 Å². The first-order valence-corrected chi connectivity index (χ1v) is 13.5. The molecule has 0 unspecified atom stereocenters. The third-order valence-corrected chi connectivity index (χ3v) is 8.10. The zero-order valence-electron chi connectivity index (χ0n) is 21.9. The number of fused-ring (bicyclic) bond motifs is 1. The van der Waals surface area contributed by atoms with Crippen molar-refractivity contribution in [3.63, 3.8) is 0 Å². The number of carbonyl (C=O) groups is 3. The second-order valence-corrected chi connectivity index (χ2v) is 10.6. The predicted molar refractivity (Wildman–Crippen MR) is 135 cm³/mol. The van der Waals surface area contributed by atoms with Gasteiger partial charge in [-0.15, -0.1) is 0 Å². The number of nitrogens with zero attached hydrogens (tertiary/aromatic N) is 4.